The van der Waals surface area contributed by atoms with Gasteiger partial charge in [0.1, 0.15) is 11.3 Å². The van der Waals surface area contributed by atoms with Gasteiger partial charge in [0.2, 0.25) is 5.91 Å². The molecule has 7 nitrogen and oxygen atoms in total. The van der Waals surface area contributed by atoms with Crippen LogP contribution >= 0.6 is 12.4 Å². The molecule has 1 fully saturated rings. The third-order valence-corrected chi connectivity index (χ3v) is 4.01. The van der Waals surface area contributed by atoms with Crippen LogP contribution in [0.15, 0.2) is 18.2 Å². The van der Waals surface area contributed by atoms with Crippen molar-refractivity contribution in [2.24, 2.45) is 5.73 Å². The van der Waals surface area contributed by atoms with E-state index in [2.05, 4.69) is 10.6 Å². The Balaban J connectivity index is 0.00000192. The molecule has 0 aliphatic carbocycles. The Bertz CT molecular complexity index is 617. The normalized spacial score (nSPS) is 22.0. The molecule has 2 aliphatic rings. The van der Waals surface area contributed by atoms with E-state index >= 15 is 0 Å². The number of fused-ring (bicyclic) bond motifs is 1. The van der Waals surface area contributed by atoms with Crippen LogP contribution in [0.4, 0.5) is 11.4 Å². The van der Waals surface area contributed by atoms with Crippen molar-refractivity contribution in [3.63, 3.8) is 0 Å². The largest absolute Gasteiger partial charge is 0.479 e. The molecule has 2 heterocycles. The number of rotatable bonds is 2. The zero-order chi connectivity index (χ0) is 15.7. The van der Waals surface area contributed by atoms with Crippen LogP contribution in [0.25, 0.3) is 0 Å². The molecule has 0 bridgehead atoms. The smallest absolute Gasteiger partial charge is 0.265 e. The zero-order valence-electron chi connectivity index (χ0n) is 12.8. The lowest BCUT2D eigenvalue weighted by molar-refractivity contribution is -0.124. The number of halogens is 1. The van der Waals surface area contributed by atoms with Crippen LogP contribution < -0.4 is 21.1 Å². The number of ether oxygens (including phenoxy) is 2. The molecule has 1 aromatic carbocycles. The Morgan fingerprint density at radius 3 is 2.78 bits per heavy atom. The number of nitrogens with one attached hydrogen (secondary N) is 2. The predicted molar refractivity (Wildman–Crippen MR) is 88.0 cm³/mol. The van der Waals surface area contributed by atoms with Gasteiger partial charge in [-0.05, 0) is 38.0 Å². The van der Waals surface area contributed by atoms with Crippen LogP contribution in [0.5, 0.6) is 5.75 Å². The number of amides is 2. The molecule has 2 amide bonds. The van der Waals surface area contributed by atoms with Gasteiger partial charge in [0.15, 0.2) is 6.10 Å². The van der Waals surface area contributed by atoms with Crippen LogP contribution in [-0.2, 0) is 14.3 Å². The maximum Gasteiger partial charge on any atom is 0.265 e. The van der Waals surface area contributed by atoms with Crippen molar-refractivity contribution in [3.05, 3.63) is 18.2 Å². The van der Waals surface area contributed by atoms with Gasteiger partial charge in [-0.1, -0.05) is 0 Å². The van der Waals surface area contributed by atoms with Crippen molar-refractivity contribution in [1.29, 1.82) is 0 Å². The van der Waals surface area contributed by atoms with Crippen LogP contribution in [0.1, 0.15) is 19.8 Å². The predicted octanol–water partition coefficient (Wildman–Crippen LogP) is 1.27. The third-order valence-electron chi connectivity index (χ3n) is 4.01. The van der Waals surface area contributed by atoms with Gasteiger partial charge in [-0.25, -0.2) is 0 Å². The minimum atomic E-state index is -0.914. The lowest BCUT2D eigenvalue weighted by Gasteiger charge is -2.32. The highest BCUT2D eigenvalue weighted by atomic mass is 35.5. The first kappa shape index (κ1) is 17.5. The summed E-state index contributed by atoms with van der Waals surface area (Å²) in [4.78, 5) is 24.0. The second-order valence-electron chi connectivity index (χ2n) is 5.68. The van der Waals surface area contributed by atoms with E-state index in [4.69, 9.17) is 15.2 Å². The van der Waals surface area contributed by atoms with Gasteiger partial charge in [0.05, 0.1) is 5.69 Å². The lowest BCUT2D eigenvalue weighted by Crippen LogP contribution is -2.54. The Hall–Kier alpha value is -1.83. The fourth-order valence-electron chi connectivity index (χ4n) is 2.50. The molecule has 0 spiro atoms. The molecule has 0 radical (unpaired) electrons. The van der Waals surface area contributed by atoms with E-state index in [0.29, 0.717) is 43.2 Å². The van der Waals surface area contributed by atoms with Gasteiger partial charge < -0.3 is 25.8 Å². The molecule has 3 rings (SSSR count). The molecule has 1 saturated heterocycles. The summed E-state index contributed by atoms with van der Waals surface area (Å²) in [5.41, 5.74) is 6.34. The van der Waals surface area contributed by atoms with Gasteiger partial charge in [-0.3, -0.25) is 9.59 Å². The minimum Gasteiger partial charge on any atom is -0.479 e. The first-order valence-electron chi connectivity index (χ1n) is 7.28. The Labute approximate surface area is 140 Å². The summed E-state index contributed by atoms with van der Waals surface area (Å²) < 4.78 is 10.7. The first-order chi connectivity index (χ1) is 10.5. The molecule has 1 atom stereocenters. The Kier molecular flexibility index (Phi) is 5.13. The number of hydrogen-bond donors (Lipinski definition) is 3. The number of carbonyl (C=O) groups is 2. The van der Waals surface area contributed by atoms with E-state index in [9.17, 15) is 9.59 Å². The van der Waals surface area contributed by atoms with Crippen LogP contribution in [-0.4, -0.2) is 36.7 Å². The average Bonchev–Trinajstić information content (AvgIpc) is 2.49. The molecular formula is C15H20ClN3O4. The number of benzene rings is 1. The van der Waals surface area contributed by atoms with Crippen molar-refractivity contribution in [1.82, 2.24) is 0 Å². The van der Waals surface area contributed by atoms with Crippen molar-refractivity contribution >= 4 is 35.6 Å². The number of nitrogens with two attached hydrogens (primary N) is 1. The summed E-state index contributed by atoms with van der Waals surface area (Å²) in [5.74, 6) is 0.126. The lowest BCUT2D eigenvalue weighted by atomic mass is 9.90. The van der Waals surface area contributed by atoms with E-state index in [1.807, 2.05) is 0 Å². The molecule has 8 heteroatoms. The number of hydrogen-bond acceptors (Lipinski definition) is 5. The molecule has 2 aliphatic heterocycles. The van der Waals surface area contributed by atoms with Crippen molar-refractivity contribution < 1.29 is 19.1 Å². The van der Waals surface area contributed by atoms with Crippen molar-refractivity contribution in [2.75, 3.05) is 23.8 Å². The fraction of sp³-hybridized carbons (Fsp3) is 0.467. The van der Waals surface area contributed by atoms with E-state index < -0.39 is 11.6 Å². The van der Waals surface area contributed by atoms with Crippen LogP contribution in [0, 0.1) is 0 Å². The zero-order valence-corrected chi connectivity index (χ0v) is 13.6. The molecule has 1 unspecified atom stereocenters. The third kappa shape index (κ3) is 3.57. The van der Waals surface area contributed by atoms with E-state index in [1.165, 1.54) is 0 Å². The fourth-order valence-corrected chi connectivity index (χ4v) is 2.50. The van der Waals surface area contributed by atoms with E-state index in [-0.39, 0.29) is 24.2 Å². The van der Waals surface area contributed by atoms with E-state index in [0.717, 1.165) is 0 Å². The summed E-state index contributed by atoms with van der Waals surface area (Å²) in [6.45, 7) is 2.64. The first-order valence-corrected chi connectivity index (χ1v) is 7.28. The van der Waals surface area contributed by atoms with Gasteiger partial charge >= 0.3 is 0 Å². The molecule has 23 heavy (non-hydrogen) atoms. The average molecular weight is 342 g/mol. The Morgan fingerprint density at radius 1 is 1.39 bits per heavy atom. The quantitative estimate of drug-likeness (QED) is 0.751. The van der Waals surface area contributed by atoms with Crippen molar-refractivity contribution in [2.45, 2.75) is 31.4 Å². The highest BCUT2D eigenvalue weighted by Crippen LogP contribution is 2.32. The molecule has 1 aromatic rings. The second kappa shape index (κ2) is 6.74. The van der Waals surface area contributed by atoms with Crippen LogP contribution in [0.2, 0.25) is 0 Å². The number of anilines is 2. The highest BCUT2D eigenvalue weighted by Gasteiger charge is 2.36. The summed E-state index contributed by atoms with van der Waals surface area (Å²) in [6, 6.07) is 5.11. The molecule has 126 valence electrons. The minimum absolute atomic E-state index is 0. The Morgan fingerprint density at radius 2 is 2.09 bits per heavy atom. The van der Waals surface area contributed by atoms with E-state index in [1.54, 1.807) is 25.1 Å². The maximum atomic E-state index is 12.4. The second-order valence-corrected chi connectivity index (χ2v) is 5.68. The molecule has 4 N–H and O–H groups in total. The van der Waals surface area contributed by atoms with Gasteiger partial charge in [-0.2, -0.15) is 0 Å². The maximum absolute atomic E-state index is 12.4. The van der Waals surface area contributed by atoms with Gasteiger partial charge in [0, 0.05) is 18.9 Å². The molecule has 0 aromatic heterocycles. The summed E-state index contributed by atoms with van der Waals surface area (Å²) in [5, 5.41) is 5.55. The SMILES string of the molecule is CC1Oc2ccc(NC(=O)C3(N)CCOCC3)cc2NC1=O.Cl. The van der Waals surface area contributed by atoms with Gasteiger partial charge in [-0.15, -0.1) is 12.4 Å². The van der Waals surface area contributed by atoms with Gasteiger partial charge in [0.25, 0.3) is 5.91 Å². The summed E-state index contributed by atoms with van der Waals surface area (Å²) in [7, 11) is 0. The highest BCUT2D eigenvalue weighted by molar-refractivity contribution is 6.01. The molecule has 0 saturated carbocycles. The number of carbonyl (C=O) groups excluding carboxylic acids is 2. The van der Waals surface area contributed by atoms with Crippen molar-refractivity contribution in [3.8, 4) is 5.75 Å². The summed E-state index contributed by atoms with van der Waals surface area (Å²) in [6.07, 6.45) is 0.449. The topological polar surface area (TPSA) is 103 Å². The summed E-state index contributed by atoms with van der Waals surface area (Å²) >= 11 is 0. The standard InChI is InChI=1S/C15H19N3O4.ClH/c1-9-13(19)18-11-8-10(2-3-12(11)22-9)17-14(20)15(16)4-6-21-7-5-15;/h2-3,8-9H,4-7,16H2,1H3,(H,17,20)(H,18,19);1H. The molecular weight excluding hydrogens is 322 g/mol. The monoisotopic (exact) mass is 341 g/mol. The van der Waals surface area contributed by atoms with Crippen LogP contribution in [0.3, 0.4) is 0 Å².